The highest BCUT2D eigenvalue weighted by Crippen LogP contribution is 2.34. The first kappa shape index (κ1) is 19.4. The first-order chi connectivity index (χ1) is 13.1. The minimum absolute atomic E-state index is 0.0212. The van der Waals surface area contributed by atoms with Crippen molar-refractivity contribution in [3.63, 3.8) is 0 Å². The standard InChI is InChI=1S/C21H28N4O2/c22-14-21(11-12-24-15-21)25(13-16-7-3-1-4-8-16)20(27)18(19(23)26)17-9-5-2-6-10-17/h1,3-4,7-8,17-18,24H,2,5-6,9-13,15H2,(H2,23,26). The van der Waals surface area contributed by atoms with Crippen LogP contribution in [0, 0.1) is 23.2 Å². The van der Waals surface area contributed by atoms with Crippen molar-refractivity contribution in [1.82, 2.24) is 10.2 Å². The highest BCUT2D eigenvalue weighted by atomic mass is 16.2. The van der Waals surface area contributed by atoms with Crippen LogP contribution in [-0.4, -0.2) is 35.3 Å². The van der Waals surface area contributed by atoms with Gasteiger partial charge in [-0.3, -0.25) is 9.59 Å². The summed E-state index contributed by atoms with van der Waals surface area (Å²) in [4.78, 5) is 27.5. The smallest absolute Gasteiger partial charge is 0.237 e. The zero-order valence-corrected chi connectivity index (χ0v) is 15.7. The Kier molecular flexibility index (Phi) is 6.12. The summed E-state index contributed by atoms with van der Waals surface area (Å²) in [5.41, 5.74) is 5.71. The van der Waals surface area contributed by atoms with Gasteiger partial charge in [-0.05, 0) is 37.3 Å². The summed E-state index contributed by atoms with van der Waals surface area (Å²) in [6.45, 7) is 1.40. The number of benzene rings is 1. The van der Waals surface area contributed by atoms with E-state index in [0.717, 1.165) is 37.7 Å². The Morgan fingerprint density at radius 3 is 2.52 bits per heavy atom. The molecule has 1 saturated heterocycles. The van der Waals surface area contributed by atoms with Crippen LogP contribution in [0.15, 0.2) is 30.3 Å². The molecule has 1 aliphatic carbocycles. The second kappa shape index (κ2) is 8.53. The van der Waals surface area contributed by atoms with E-state index in [-0.39, 0.29) is 11.8 Å². The maximum Gasteiger partial charge on any atom is 0.237 e. The summed E-state index contributed by atoms with van der Waals surface area (Å²) < 4.78 is 0. The Bertz CT molecular complexity index is 701. The van der Waals surface area contributed by atoms with E-state index in [1.165, 1.54) is 0 Å². The molecule has 3 N–H and O–H groups in total. The monoisotopic (exact) mass is 368 g/mol. The van der Waals surface area contributed by atoms with E-state index in [4.69, 9.17) is 5.73 Å². The van der Waals surface area contributed by atoms with Crippen LogP contribution in [-0.2, 0) is 16.1 Å². The van der Waals surface area contributed by atoms with Crippen LogP contribution in [0.25, 0.3) is 0 Å². The molecule has 2 aliphatic rings. The number of nitrogens with zero attached hydrogens (tertiary/aromatic N) is 2. The number of rotatable bonds is 6. The van der Waals surface area contributed by atoms with E-state index in [1.54, 1.807) is 4.90 Å². The molecule has 2 unspecified atom stereocenters. The molecule has 0 bridgehead atoms. The molecule has 1 heterocycles. The van der Waals surface area contributed by atoms with Crippen molar-refractivity contribution in [2.45, 2.75) is 50.6 Å². The van der Waals surface area contributed by atoms with Crippen molar-refractivity contribution in [3.05, 3.63) is 35.9 Å². The van der Waals surface area contributed by atoms with E-state index in [2.05, 4.69) is 11.4 Å². The van der Waals surface area contributed by atoms with Gasteiger partial charge in [-0.25, -0.2) is 0 Å². The first-order valence-electron chi connectivity index (χ1n) is 9.84. The van der Waals surface area contributed by atoms with E-state index < -0.39 is 17.4 Å². The topological polar surface area (TPSA) is 99.2 Å². The lowest BCUT2D eigenvalue weighted by atomic mass is 9.78. The lowest BCUT2D eigenvalue weighted by Crippen LogP contribution is -2.56. The second-order valence-electron chi connectivity index (χ2n) is 7.76. The minimum atomic E-state index is -0.935. The Labute approximate surface area is 160 Å². The summed E-state index contributed by atoms with van der Waals surface area (Å²) in [7, 11) is 0. The van der Waals surface area contributed by atoms with Crippen LogP contribution in [0.4, 0.5) is 0 Å². The fraction of sp³-hybridized carbons (Fsp3) is 0.571. The van der Waals surface area contributed by atoms with Gasteiger partial charge < -0.3 is 16.0 Å². The molecule has 6 heteroatoms. The zero-order chi connectivity index (χ0) is 19.3. The molecule has 0 aromatic heterocycles. The van der Waals surface area contributed by atoms with Gasteiger partial charge in [0.15, 0.2) is 0 Å². The van der Waals surface area contributed by atoms with Crippen LogP contribution in [0.1, 0.15) is 44.1 Å². The molecule has 6 nitrogen and oxygen atoms in total. The molecule has 3 rings (SSSR count). The van der Waals surface area contributed by atoms with Crippen LogP contribution in [0.5, 0.6) is 0 Å². The van der Waals surface area contributed by atoms with Gasteiger partial charge >= 0.3 is 0 Å². The van der Waals surface area contributed by atoms with E-state index >= 15 is 0 Å². The third-order valence-corrected chi connectivity index (χ3v) is 6.00. The Morgan fingerprint density at radius 1 is 1.26 bits per heavy atom. The number of carbonyl (C=O) groups excluding carboxylic acids is 2. The number of hydrogen-bond donors (Lipinski definition) is 2. The lowest BCUT2D eigenvalue weighted by Gasteiger charge is -2.39. The molecule has 0 radical (unpaired) electrons. The number of amides is 2. The third-order valence-electron chi connectivity index (χ3n) is 6.00. The Morgan fingerprint density at radius 2 is 1.96 bits per heavy atom. The predicted octanol–water partition coefficient (Wildman–Crippen LogP) is 1.95. The van der Waals surface area contributed by atoms with E-state index in [9.17, 15) is 14.9 Å². The lowest BCUT2D eigenvalue weighted by molar-refractivity contribution is -0.148. The Hall–Kier alpha value is -2.39. The van der Waals surface area contributed by atoms with Crippen molar-refractivity contribution in [2.24, 2.45) is 17.6 Å². The largest absolute Gasteiger partial charge is 0.369 e. The summed E-state index contributed by atoms with van der Waals surface area (Å²) in [6, 6.07) is 12.0. The minimum Gasteiger partial charge on any atom is -0.369 e. The highest BCUT2D eigenvalue weighted by molar-refractivity contribution is 6.00. The predicted molar refractivity (Wildman–Crippen MR) is 102 cm³/mol. The second-order valence-corrected chi connectivity index (χ2v) is 7.76. The summed E-state index contributed by atoms with van der Waals surface area (Å²) in [6.07, 6.45) is 5.41. The van der Waals surface area contributed by atoms with Crippen molar-refractivity contribution in [3.8, 4) is 6.07 Å². The van der Waals surface area contributed by atoms with Crippen molar-refractivity contribution < 1.29 is 9.59 Å². The molecule has 2 amide bonds. The van der Waals surface area contributed by atoms with Gasteiger partial charge in [0.1, 0.15) is 11.5 Å². The summed E-state index contributed by atoms with van der Waals surface area (Å²) in [5, 5.41) is 13.1. The molecule has 1 saturated carbocycles. The van der Waals surface area contributed by atoms with Crippen LogP contribution >= 0.6 is 0 Å². The molecule has 2 atom stereocenters. The maximum absolute atomic E-state index is 13.6. The fourth-order valence-electron chi connectivity index (χ4n) is 4.46. The van der Waals surface area contributed by atoms with Crippen LogP contribution in [0.2, 0.25) is 0 Å². The van der Waals surface area contributed by atoms with Crippen molar-refractivity contribution >= 4 is 11.8 Å². The summed E-state index contributed by atoms with van der Waals surface area (Å²) >= 11 is 0. The van der Waals surface area contributed by atoms with E-state index in [1.807, 2.05) is 30.3 Å². The number of nitrogens with one attached hydrogen (secondary N) is 1. The number of nitrogens with two attached hydrogens (primary N) is 1. The van der Waals surface area contributed by atoms with Crippen LogP contribution in [0.3, 0.4) is 0 Å². The van der Waals surface area contributed by atoms with Gasteiger partial charge in [-0.2, -0.15) is 5.26 Å². The molecule has 1 aliphatic heterocycles. The van der Waals surface area contributed by atoms with Gasteiger partial charge in [0, 0.05) is 13.1 Å². The van der Waals surface area contributed by atoms with Gasteiger partial charge in [-0.15, -0.1) is 0 Å². The van der Waals surface area contributed by atoms with E-state index in [0.29, 0.717) is 26.1 Å². The number of primary amides is 1. The molecule has 1 aromatic rings. The SMILES string of the molecule is N#CC1(N(Cc2ccccc2)C(=O)C(C(N)=O)C2CCCCC2)CCNC1. The molecular formula is C21H28N4O2. The average Bonchev–Trinajstić information content (AvgIpc) is 3.17. The average molecular weight is 368 g/mol. The van der Waals surface area contributed by atoms with Crippen LogP contribution < -0.4 is 11.1 Å². The maximum atomic E-state index is 13.6. The van der Waals surface area contributed by atoms with Crippen molar-refractivity contribution in [1.29, 1.82) is 5.26 Å². The van der Waals surface area contributed by atoms with Gasteiger partial charge in [0.25, 0.3) is 0 Å². The quantitative estimate of drug-likeness (QED) is 0.750. The molecule has 0 spiro atoms. The summed E-state index contributed by atoms with van der Waals surface area (Å²) in [5.74, 6) is -1.72. The number of carbonyl (C=O) groups is 2. The normalized spacial score (nSPS) is 24.1. The first-order valence-corrected chi connectivity index (χ1v) is 9.84. The Balaban J connectivity index is 1.93. The fourth-order valence-corrected chi connectivity index (χ4v) is 4.46. The van der Waals surface area contributed by atoms with Crippen molar-refractivity contribution in [2.75, 3.05) is 13.1 Å². The van der Waals surface area contributed by atoms with Gasteiger partial charge in [0.05, 0.1) is 6.07 Å². The van der Waals surface area contributed by atoms with Gasteiger partial charge in [-0.1, -0.05) is 49.6 Å². The molecular weight excluding hydrogens is 340 g/mol. The zero-order valence-electron chi connectivity index (χ0n) is 15.7. The molecule has 2 fully saturated rings. The van der Waals surface area contributed by atoms with Gasteiger partial charge in [0.2, 0.25) is 11.8 Å². The third kappa shape index (κ3) is 4.14. The highest BCUT2D eigenvalue weighted by Gasteiger charge is 2.47. The number of hydrogen-bond acceptors (Lipinski definition) is 4. The molecule has 27 heavy (non-hydrogen) atoms. The number of nitriles is 1. The molecule has 144 valence electrons. The molecule has 1 aromatic carbocycles.